The maximum absolute atomic E-state index is 10.7. The summed E-state index contributed by atoms with van der Waals surface area (Å²) in [5.41, 5.74) is 5.73. The highest BCUT2D eigenvalue weighted by molar-refractivity contribution is 5.44. The van der Waals surface area contributed by atoms with Gasteiger partial charge in [0.05, 0.1) is 10.5 Å². The molecule has 2 rings (SSSR count). The fourth-order valence-electron chi connectivity index (χ4n) is 1.64. The van der Waals surface area contributed by atoms with Crippen LogP contribution in [-0.2, 0) is 12.1 Å². The second kappa shape index (κ2) is 5.49. The normalized spacial score (nSPS) is 11.4. The number of ether oxygens (including phenoxy) is 1. The third-order valence-electron chi connectivity index (χ3n) is 2.77. The Labute approximate surface area is 121 Å². The van der Waals surface area contributed by atoms with E-state index in [1.807, 2.05) is 0 Å². The Bertz CT molecular complexity index is 660. The van der Waals surface area contributed by atoms with Crippen LogP contribution in [0.15, 0.2) is 22.7 Å². The molecular formula is C13H16N4O4. The fraction of sp³-hybridized carbons (Fsp3) is 0.385. The predicted molar refractivity (Wildman–Crippen MR) is 73.7 cm³/mol. The lowest BCUT2D eigenvalue weighted by Crippen LogP contribution is -2.30. The molecule has 0 spiro atoms. The second-order valence-electron chi connectivity index (χ2n) is 5.23. The maximum Gasteiger partial charge on any atom is 0.272 e. The number of nitrogens with two attached hydrogens (primary N) is 1. The summed E-state index contributed by atoms with van der Waals surface area (Å²) >= 11 is 0. The van der Waals surface area contributed by atoms with Crippen LogP contribution in [0.5, 0.6) is 5.75 Å². The van der Waals surface area contributed by atoms with E-state index in [9.17, 15) is 10.1 Å². The first kappa shape index (κ1) is 14.9. The molecule has 0 amide bonds. The number of nitrogens with zero attached hydrogens (tertiary/aromatic N) is 3. The summed E-state index contributed by atoms with van der Waals surface area (Å²) in [7, 11) is 0. The van der Waals surface area contributed by atoms with Crippen LogP contribution in [0, 0.1) is 17.0 Å². The monoisotopic (exact) mass is 292 g/mol. The zero-order chi connectivity index (χ0) is 15.6. The van der Waals surface area contributed by atoms with Gasteiger partial charge in [-0.25, -0.2) is 0 Å². The number of nitro benzene ring substituents is 1. The van der Waals surface area contributed by atoms with Gasteiger partial charge in [0.15, 0.2) is 12.4 Å². The van der Waals surface area contributed by atoms with Crippen molar-refractivity contribution in [3.8, 4) is 5.75 Å². The third kappa shape index (κ3) is 3.54. The molecule has 21 heavy (non-hydrogen) atoms. The zero-order valence-corrected chi connectivity index (χ0v) is 12.0. The number of aromatic nitrogens is 2. The SMILES string of the molecule is Cc1cc(OCc2nc(C(C)(C)N)no2)ccc1[N+](=O)[O-]. The van der Waals surface area contributed by atoms with Crippen LogP contribution in [-0.4, -0.2) is 15.1 Å². The van der Waals surface area contributed by atoms with Gasteiger partial charge in [-0.15, -0.1) is 0 Å². The minimum absolute atomic E-state index is 0.0484. The van der Waals surface area contributed by atoms with Gasteiger partial charge in [-0.05, 0) is 32.9 Å². The summed E-state index contributed by atoms with van der Waals surface area (Å²) in [6.45, 7) is 5.25. The highest BCUT2D eigenvalue weighted by atomic mass is 16.6. The van der Waals surface area contributed by atoms with Gasteiger partial charge in [-0.2, -0.15) is 4.98 Å². The van der Waals surface area contributed by atoms with Crippen LogP contribution in [0.3, 0.4) is 0 Å². The standard InChI is InChI=1S/C13H16N4O4/c1-8-6-9(4-5-10(8)17(18)19)20-7-11-15-12(16-21-11)13(2,3)14/h4-6H,7,14H2,1-3H3. The Morgan fingerprint density at radius 1 is 1.48 bits per heavy atom. The van der Waals surface area contributed by atoms with Gasteiger partial charge in [0.25, 0.3) is 11.6 Å². The molecule has 2 N–H and O–H groups in total. The van der Waals surface area contributed by atoms with Crippen LogP contribution in [0.4, 0.5) is 5.69 Å². The lowest BCUT2D eigenvalue weighted by molar-refractivity contribution is -0.385. The average molecular weight is 292 g/mol. The summed E-state index contributed by atoms with van der Waals surface area (Å²) in [5, 5.41) is 14.5. The van der Waals surface area contributed by atoms with E-state index in [1.165, 1.54) is 12.1 Å². The molecule has 8 nitrogen and oxygen atoms in total. The van der Waals surface area contributed by atoms with Crippen LogP contribution < -0.4 is 10.5 Å². The van der Waals surface area contributed by atoms with E-state index < -0.39 is 10.5 Å². The van der Waals surface area contributed by atoms with E-state index in [0.717, 1.165) is 0 Å². The molecule has 0 atom stereocenters. The Morgan fingerprint density at radius 3 is 2.71 bits per heavy atom. The van der Waals surface area contributed by atoms with E-state index in [1.54, 1.807) is 26.8 Å². The molecule has 0 fully saturated rings. The lowest BCUT2D eigenvalue weighted by atomic mass is 10.1. The molecule has 0 saturated carbocycles. The molecule has 1 aromatic carbocycles. The minimum Gasteiger partial charge on any atom is -0.484 e. The molecular weight excluding hydrogens is 276 g/mol. The predicted octanol–water partition coefficient (Wildman–Crippen LogP) is 2.06. The minimum atomic E-state index is -0.689. The van der Waals surface area contributed by atoms with Crippen molar-refractivity contribution in [1.29, 1.82) is 0 Å². The molecule has 1 heterocycles. The third-order valence-corrected chi connectivity index (χ3v) is 2.77. The van der Waals surface area contributed by atoms with Gasteiger partial charge in [0, 0.05) is 11.6 Å². The maximum atomic E-state index is 10.7. The van der Waals surface area contributed by atoms with Crippen LogP contribution >= 0.6 is 0 Å². The molecule has 0 aliphatic rings. The fourth-order valence-corrected chi connectivity index (χ4v) is 1.64. The summed E-state index contributed by atoms with van der Waals surface area (Å²) in [6.07, 6.45) is 0. The van der Waals surface area contributed by atoms with Crippen LogP contribution in [0.2, 0.25) is 0 Å². The van der Waals surface area contributed by atoms with Crippen molar-refractivity contribution in [2.45, 2.75) is 32.9 Å². The largest absolute Gasteiger partial charge is 0.484 e. The van der Waals surface area contributed by atoms with Crippen molar-refractivity contribution < 1.29 is 14.2 Å². The molecule has 2 aromatic rings. The highest BCUT2D eigenvalue weighted by Crippen LogP contribution is 2.23. The van der Waals surface area contributed by atoms with Gasteiger partial charge in [0.1, 0.15) is 5.75 Å². The first-order valence-electron chi connectivity index (χ1n) is 6.27. The number of benzene rings is 1. The van der Waals surface area contributed by atoms with Gasteiger partial charge < -0.3 is 15.0 Å². The number of nitro groups is 1. The van der Waals surface area contributed by atoms with Crippen molar-refractivity contribution in [3.63, 3.8) is 0 Å². The molecule has 0 radical (unpaired) electrons. The summed E-state index contributed by atoms with van der Waals surface area (Å²) < 4.78 is 10.5. The number of aryl methyl sites for hydroxylation is 1. The highest BCUT2D eigenvalue weighted by Gasteiger charge is 2.21. The quantitative estimate of drug-likeness (QED) is 0.661. The Hall–Kier alpha value is -2.48. The van der Waals surface area contributed by atoms with Gasteiger partial charge in [-0.1, -0.05) is 5.16 Å². The van der Waals surface area contributed by atoms with E-state index in [2.05, 4.69) is 10.1 Å². The average Bonchev–Trinajstić information content (AvgIpc) is 2.84. The molecule has 0 aliphatic heterocycles. The van der Waals surface area contributed by atoms with Crippen molar-refractivity contribution in [3.05, 3.63) is 45.6 Å². The Kier molecular flexibility index (Phi) is 3.90. The Balaban J connectivity index is 2.05. The van der Waals surface area contributed by atoms with E-state index >= 15 is 0 Å². The van der Waals surface area contributed by atoms with Gasteiger partial charge in [-0.3, -0.25) is 10.1 Å². The summed E-state index contributed by atoms with van der Waals surface area (Å²) in [5.74, 6) is 1.17. The van der Waals surface area contributed by atoms with E-state index in [-0.39, 0.29) is 12.3 Å². The van der Waals surface area contributed by atoms with Gasteiger partial charge in [0.2, 0.25) is 0 Å². The topological polar surface area (TPSA) is 117 Å². The smallest absolute Gasteiger partial charge is 0.272 e. The molecule has 8 heteroatoms. The van der Waals surface area contributed by atoms with Crippen LogP contribution in [0.1, 0.15) is 31.1 Å². The van der Waals surface area contributed by atoms with Crippen molar-refractivity contribution >= 4 is 5.69 Å². The van der Waals surface area contributed by atoms with Crippen molar-refractivity contribution in [1.82, 2.24) is 10.1 Å². The van der Waals surface area contributed by atoms with Gasteiger partial charge >= 0.3 is 0 Å². The second-order valence-corrected chi connectivity index (χ2v) is 5.23. The van der Waals surface area contributed by atoms with Crippen LogP contribution in [0.25, 0.3) is 0 Å². The number of rotatable bonds is 5. The van der Waals surface area contributed by atoms with E-state index in [0.29, 0.717) is 23.0 Å². The molecule has 0 aliphatic carbocycles. The molecule has 112 valence electrons. The molecule has 0 bridgehead atoms. The summed E-state index contributed by atoms with van der Waals surface area (Å²) in [4.78, 5) is 14.4. The van der Waals surface area contributed by atoms with Crippen molar-refractivity contribution in [2.24, 2.45) is 5.73 Å². The zero-order valence-electron chi connectivity index (χ0n) is 12.0. The summed E-state index contributed by atoms with van der Waals surface area (Å²) in [6, 6.07) is 4.50. The molecule has 0 unspecified atom stereocenters. The lowest BCUT2D eigenvalue weighted by Gasteiger charge is -2.11. The van der Waals surface area contributed by atoms with E-state index in [4.69, 9.17) is 15.0 Å². The number of hydrogen-bond acceptors (Lipinski definition) is 7. The number of hydrogen-bond donors (Lipinski definition) is 1. The first-order chi connectivity index (χ1) is 9.77. The first-order valence-corrected chi connectivity index (χ1v) is 6.27. The molecule has 1 aromatic heterocycles. The molecule has 0 saturated heterocycles. The Morgan fingerprint density at radius 2 is 2.19 bits per heavy atom. The van der Waals surface area contributed by atoms with Crippen molar-refractivity contribution in [2.75, 3.05) is 0 Å².